The molecule has 168 valence electrons. The van der Waals surface area contributed by atoms with Gasteiger partial charge in [-0.2, -0.15) is 0 Å². The van der Waals surface area contributed by atoms with Crippen molar-refractivity contribution in [3.8, 4) is 11.1 Å². The van der Waals surface area contributed by atoms with Crippen molar-refractivity contribution in [1.82, 2.24) is 5.32 Å². The highest BCUT2D eigenvalue weighted by Crippen LogP contribution is 2.44. The molecule has 8 heteroatoms. The van der Waals surface area contributed by atoms with E-state index in [0.29, 0.717) is 11.1 Å². The van der Waals surface area contributed by atoms with Crippen molar-refractivity contribution >= 4 is 17.7 Å². The Bertz CT molecular complexity index is 1190. The number of nitro groups is 1. The fourth-order valence-electron chi connectivity index (χ4n) is 4.27. The van der Waals surface area contributed by atoms with Crippen molar-refractivity contribution in [3.63, 3.8) is 0 Å². The van der Waals surface area contributed by atoms with E-state index in [1.165, 1.54) is 12.1 Å². The first kappa shape index (κ1) is 22.0. The third-order valence-corrected chi connectivity index (χ3v) is 5.83. The van der Waals surface area contributed by atoms with Gasteiger partial charge in [-0.3, -0.25) is 10.1 Å². The lowest BCUT2D eigenvalue weighted by molar-refractivity contribution is -0.385. The van der Waals surface area contributed by atoms with Gasteiger partial charge in [0.2, 0.25) is 0 Å². The van der Waals surface area contributed by atoms with E-state index in [1.807, 2.05) is 48.5 Å². The maximum atomic E-state index is 12.5. The van der Waals surface area contributed by atoms with Crippen molar-refractivity contribution < 1.29 is 24.4 Å². The van der Waals surface area contributed by atoms with Crippen molar-refractivity contribution in [2.45, 2.75) is 25.3 Å². The molecule has 1 aliphatic carbocycles. The van der Waals surface area contributed by atoms with Crippen molar-refractivity contribution in [2.24, 2.45) is 0 Å². The van der Waals surface area contributed by atoms with Crippen LogP contribution in [-0.4, -0.2) is 34.7 Å². The molecule has 0 bridgehead atoms. The van der Waals surface area contributed by atoms with E-state index < -0.39 is 23.0 Å². The Morgan fingerprint density at radius 3 is 2.21 bits per heavy atom. The monoisotopic (exact) mass is 446 g/mol. The SMILES string of the molecule is Cc1cc(C[C@H](NC(=O)OCC2c3ccccc3-c3ccccc32)C(=O)O)ccc1[N+](=O)[O-]. The lowest BCUT2D eigenvalue weighted by atomic mass is 9.98. The summed E-state index contributed by atoms with van der Waals surface area (Å²) in [5, 5.41) is 22.9. The Balaban J connectivity index is 1.43. The van der Waals surface area contributed by atoms with Crippen molar-refractivity contribution in [2.75, 3.05) is 6.61 Å². The number of carboxylic acid groups (broad SMARTS) is 1. The van der Waals surface area contributed by atoms with Gasteiger partial charge in [0.1, 0.15) is 12.6 Å². The van der Waals surface area contributed by atoms with Gasteiger partial charge in [0, 0.05) is 24.0 Å². The minimum absolute atomic E-state index is 0.0294. The number of fused-ring (bicyclic) bond motifs is 3. The van der Waals surface area contributed by atoms with Gasteiger partial charge in [0.15, 0.2) is 0 Å². The van der Waals surface area contributed by atoms with Crippen LogP contribution in [0, 0.1) is 17.0 Å². The summed E-state index contributed by atoms with van der Waals surface area (Å²) in [7, 11) is 0. The highest BCUT2D eigenvalue weighted by Gasteiger charge is 2.30. The minimum Gasteiger partial charge on any atom is -0.480 e. The smallest absolute Gasteiger partial charge is 0.407 e. The van der Waals surface area contributed by atoms with Crippen LogP contribution in [0.25, 0.3) is 11.1 Å². The average Bonchev–Trinajstić information content (AvgIpc) is 3.11. The zero-order chi connectivity index (χ0) is 23.5. The molecule has 2 N–H and O–H groups in total. The Hall–Kier alpha value is -4.20. The number of ether oxygens (including phenoxy) is 1. The molecule has 1 atom stereocenters. The number of hydrogen-bond acceptors (Lipinski definition) is 5. The number of aliphatic carboxylic acids is 1. The Morgan fingerprint density at radius 2 is 1.67 bits per heavy atom. The van der Waals surface area contributed by atoms with Gasteiger partial charge in [-0.1, -0.05) is 54.6 Å². The first-order chi connectivity index (χ1) is 15.8. The molecular formula is C25H22N2O6. The second-order valence-electron chi connectivity index (χ2n) is 7.94. The van der Waals surface area contributed by atoms with E-state index in [9.17, 15) is 24.8 Å². The van der Waals surface area contributed by atoms with Crippen LogP contribution in [0.1, 0.15) is 28.2 Å². The molecule has 0 saturated carbocycles. The number of alkyl carbamates (subject to hydrolysis) is 1. The normalized spacial score (nSPS) is 13.0. The zero-order valence-corrected chi connectivity index (χ0v) is 17.9. The van der Waals surface area contributed by atoms with Crippen molar-refractivity contribution in [3.05, 3.63) is 99.1 Å². The molecule has 0 aromatic heterocycles. The number of nitrogens with zero attached hydrogens (tertiary/aromatic N) is 1. The lowest BCUT2D eigenvalue weighted by Crippen LogP contribution is -2.42. The average molecular weight is 446 g/mol. The van der Waals surface area contributed by atoms with E-state index in [1.54, 1.807) is 13.0 Å². The molecule has 3 aromatic rings. The summed E-state index contributed by atoms with van der Waals surface area (Å²) in [5.41, 5.74) is 5.24. The molecule has 0 spiro atoms. The predicted octanol–water partition coefficient (Wildman–Crippen LogP) is 4.44. The number of carbonyl (C=O) groups is 2. The van der Waals surface area contributed by atoms with Crippen LogP contribution in [0.15, 0.2) is 66.7 Å². The van der Waals surface area contributed by atoms with E-state index in [2.05, 4.69) is 5.32 Å². The van der Waals surface area contributed by atoms with Gasteiger partial charge < -0.3 is 15.2 Å². The number of carboxylic acids is 1. The summed E-state index contributed by atoms with van der Waals surface area (Å²) in [6, 6.07) is 19.0. The summed E-state index contributed by atoms with van der Waals surface area (Å²) in [4.78, 5) is 34.6. The minimum atomic E-state index is -1.23. The maximum Gasteiger partial charge on any atom is 0.407 e. The third-order valence-electron chi connectivity index (χ3n) is 5.83. The number of rotatable bonds is 7. The summed E-state index contributed by atoms with van der Waals surface area (Å²) >= 11 is 0. The summed E-state index contributed by atoms with van der Waals surface area (Å²) < 4.78 is 5.43. The topological polar surface area (TPSA) is 119 Å². The predicted molar refractivity (Wildman–Crippen MR) is 121 cm³/mol. The lowest BCUT2D eigenvalue weighted by Gasteiger charge is -2.17. The molecule has 1 aliphatic rings. The highest BCUT2D eigenvalue weighted by molar-refractivity contribution is 5.81. The number of carbonyl (C=O) groups excluding carboxylic acids is 1. The van der Waals surface area contributed by atoms with E-state index in [4.69, 9.17) is 4.74 Å². The van der Waals surface area contributed by atoms with Gasteiger partial charge >= 0.3 is 12.1 Å². The molecule has 0 saturated heterocycles. The number of nitro benzene ring substituents is 1. The van der Waals surface area contributed by atoms with Crippen LogP contribution in [0.5, 0.6) is 0 Å². The summed E-state index contributed by atoms with van der Waals surface area (Å²) in [6.45, 7) is 1.65. The van der Waals surface area contributed by atoms with Crippen molar-refractivity contribution in [1.29, 1.82) is 0 Å². The van der Waals surface area contributed by atoms with Gasteiger partial charge in [0.05, 0.1) is 4.92 Å². The number of aryl methyl sites for hydroxylation is 1. The van der Waals surface area contributed by atoms with E-state index in [-0.39, 0.29) is 24.6 Å². The molecular weight excluding hydrogens is 424 g/mol. The molecule has 0 unspecified atom stereocenters. The fraction of sp³-hybridized carbons (Fsp3) is 0.200. The first-order valence-corrected chi connectivity index (χ1v) is 10.4. The summed E-state index contributed by atoms with van der Waals surface area (Å²) in [6.07, 6.45) is -0.860. The number of hydrogen-bond donors (Lipinski definition) is 2. The first-order valence-electron chi connectivity index (χ1n) is 10.4. The van der Waals surface area contributed by atoms with Crippen LogP contribution in [-0.2, 0) is 16.0 Å². The van der Waals surface area contributed by atoms with Gasteiger partial charge in [-0.05, 0) is 40.8 Å². The Kier molecular flexibility index (Phi) is 6.08. The molecule has 3 aromatic carbocycles. The molecule has 0 radical (unpaired) electrons. The van der Waals surface area contributed by atoms with Crippen LogP contribution in [0.4, 0.5) is 10.5 Å². The zero-order valence-electron chi connectivity index (χ0n) is 17.9. The molecule has 0 heterocycles. The Morgan fingerprint density at radius 1 is 1.06 bits per heavy atom. The number of benzene rings is 3. The standard InChI is InChI=1S/C25H22N2O6/c1-15-12-16(10-11-23(15)27(31)32)13-22(24(28)29)26-25(30)33-14-21-19-8-4-2-6-17(19)18-7-3-5-9-20(18)21/h2-12,21-22H,13-14H2,1H3,(H,26,30)(H,28,29)/t22-/m0/s1. The molecule has 4 rings (SSSR count). The van der Waals surface area contributed by atoms with Gasteiger partial charge in [-0.15, -0.1) is 0 Å². The highest BCUT2D eigenvalue weighted by atomic mass is 16.6. The molecule has 0 aliphatic heterocycles. The van der Waals surface area contributed by atoms with Crippen LogP contribution in [0.3, 0.4) is 0 Å². The number of amides is 1. The van der Waals surface area contributed by atoms with Crippen LogP contribution < -0.4 is 5.32 Å². The maximum absolute atomic E-state index is 12.5. The molecule has 0 fully saturated rings. The molecule has 33 heavy (non-hydrogen) atoms. The second kappa shape index (κ2) is 9.12. The summed E-state index contributed by atoms with van der Waals surface area (Å²) in [5.74, 6) is -1.36. The fourth-order valence-corrected chi connectivity index (χ4v) is 4.27. The third kappa shape index (κ3) is 4.55. The largest absolute Gasteiger partial charge is 0.480 e. The van der Waals surface area contributed by atoms with Gasteiger partial charge in [-0.25, -0.2) is 9.59 Å². The molecule has 8 nitrogen and oxygen atoms in total. The molecule has 1 amide bonds. The van der Waals surface area contributed by atoms with Gasteiger partial charge in [0.25, 0.3) is 5.69 Å². The van der Waals surface area contributed by atoms with E-state index >= 15 is 0 Å². The van der Waals surface area contributed by atoms with Crippen LogP contribution in [0.2, 0.25) is 0 Å². The quantitative estimate of drug-likeness (QED) is 0.409. The second-order valence-corrected chi connectivity index (χ2v) is 7.94. The Labute approximate surface area is 190 Å². The van der Waals surface area contributed by atoms with Crippen LogP contribution >= 0.6 is 0 Å². The number of nitrogens with one attached hydrogen (secondary N) is 1. The van der Waals surface area contributed by atoms with E-state index in [0.717, 1.165) is 22.3 Å².